The van der Waals surface area contributed by atoms with Gasteiger partial charge in [-0.2, -0.15) is 11.8 Å². The van der Waals surface area contributed by atoms with Crippen molar-refractivity contribution in [3.8, 4) is 5.75 Å². The molecule has 1 aliphatic heterocycles. The second-order valence-electron chi connectivity index (χ2n) is 4.76. The summed E-state index contributed by atoms with van der Waals surface area (Å²) in [6, 6.07) is 4.59. The van der Waals surface area contributed by atoms with Gasteiger partial charge in [-0.3, -0.25) is 0 Å². The molecule has 0 unspecified atom stereocenters. The van der Waals surface area contributed by atoms with Crippen LogP contribution in [0.25, 0.3) is 0 Å². The average Bonchev–Trinajstić information content (AvgIpc) is 2.48. The molecular formula is C13H21N3O3S2. The van der Waals surface area contributed by atoms with Gasteiger partial charge < -0.3 is 15.4 Å². The number of nitrogens with zero attached hydrogens (tertiary/aromatic N) is 1. The van der Waals surface area contributed by atoms with Gasteiger partial charge in [-0.05, 0) is 18.2 Å². The Balaban J connectivity index is 1.99. The summed E-state index contributed by atoms with van der Waals surface area (Å²) in [5, 5.41) is 0. The van der Waals surface area contributed by atoms with E-state index in [-0.39, 0.29) is 4.90 Å². The molecule has 1 aliphatic rings. The molecule has 1 saturated heterocycles. The highest BCUT2D eigenvalue weighted by molar-refractivity contribution is 7.99. The van der Waals surface area contributed by atoms with Crippen LogP contribution in [0.4, 0.5) is 5.69 Å². The van der Waals surface area contributed by atoms with Crippen LogP contribution in [0.15, 0.2) is 23.1 Å². The van der Waals surface area contributed by atoms with E-state index in [0.717, 1.165) is 24.6 Å². The first-order valence-electron chi connectivity index (χ1n) is 6.76. The summed E-state index contributed by atoms with van der Waals surface area (Å²) in [4.78, 5) is 2.34. The molecule has 118 valence electrons. The number of nitrogens with two attached hydrogens (primary N) is 1. The lowest BCUT2D eigenvalue weighted by Gasteiger charge is -2.26. The molecule has 0 atom stereocenters. The maximum absolute atomic E-state index is 12.3. The van der Waals surface area contributed by atoms with Gasteiger partial charge in [0.2, 0.25) is 10.0 Å². The molecule has 1 aromatic carbocycles. The van der Waals surface area contributed by atoms with E-state index in [1.165, 1.54) is 13.2 Å². The highest BCUT2D eigenvalue weighted by Gasteiger charge is 2.20. The Labute approximate surface area is 130 Å². The maximum Gasteiger partial charge on any atom is 0.244 e. The molecular weight excluding hydrogens is 310 g/mol. The largest absolute Gasteiger partial charge is 0.495 e. The number of hydrogen-bond donors (Lipinski definition) is 2. The van der Waals surface area contributed by atoms with Crippen molar-refractivity contribution >= 4 is 27.5 Å². The molecule has 0 amide bonds. The predicted molar refractivity (Wildman–Crippen MR) is 86.4 cm³/mol. The Bertz CT molecular complexity index is 572. The van der Waals surface area contributed by atoms with Crippen LogP contribution in [0.5, 0.6) is 5.75 Å². The van der Waals surface area contributed by atoms with Gasteiger partial charge in [0.15, 0.2) is 0 Å². The van der Waals surface area contributed by atoms with E-state index in [2.05, 4.69) is 9.62 Å². The standard InChI is InChI=1S/C13H21N3O3S2/c1-19-12-3-2-11(14)10-13(12)21(17,18)15-4-5-16-6-8-20-9-7-16/h2-3,10,15H,4-9,14H2,1H3. The molecule has 1 aromatic rings. The van der Waals surface area contributed by atoms with Gasteiger partial charge >= 0.3 is 0 Å². The monoisotopic (exact) mass is 331 g/mol. The lowest BCUT2D eigenvalue weighted by Crippen LogP contribution is -2.39. The number of sulfonamides is 1. The summed E-state index contributed by atoms with van der Waals surface area (Å²) in [6.45, 7) is 3.11. The Morgan fingerprint density at radius 1 is 1.38 bits per heavy atom. The first-order chi connectivity index (χ1) is 10.0. The third-order valence-corrected chi connectivity index (χ3v) is 5.73. The summed E-state index contributed by atoms with van der Waals surface area (Å²) in [5.41, 5.74) is 6.06. The maximum atomic E-state index is 12.3. The molecule has 1 fully saturated rings. The lowest BCUT2D eigenvalue weighted by atomic mass is 10.3. The second-order valence-corrected chi connectivity index (χ2v) is 7.72. The average molecular weight is 331 g/mol. The van der Waals surface area contributed by atoms with Crippen molar-refractivity contribution in [1.29, 1.82) is 0 Å². The molecule has 0 saturated carbocycles. The Morgan fingerprint density at radius 3 is 2.76 bits per heavy atom. The molecule has 0 aliphatic carbocycles. The Kier molecular flexibility index (Phi) is 5.74. The van der Waals surface area contributed by atoms with E-state index >= 15 is 0 Å². The molecule has 0 radical (unpaired) electrons. The molecule has 3 N–H and O–H groups in total. The minimum absolute atomic E-state index is 0.0826. The van der Waals surface area contributed by atoms with Crippen LogP contribution in [0.3, 0.4) is 0 Å². The number of benzene rings is 1. The van der Waals surface area contributed by atoms with Crippen LogP contribution in [0.2, 0.25) is 0 Å². The highest BCUT2D eigenvalue weighted by atomic mass is 32.2. The van der Waals surface area contributed by atoms with Crippen molar-refractivity contribution in [1.82, 2.24) is 9.62 Å². The number of methoxy groups -OCH3 is 1. The number of anilines is 1. The fraction of sp³-hybridized carbons (Fsp3) is 0.538. The van der Waals surface area contributed by atoms with E-state index in [9.17, 15) is 8.42 Å². The van der Waals surface area contributed by atoms with Crippen LogP contribution in [0.1, 0.15) is 0 Å². The fourth-order valence-electron chi connectivity index (χ4n) is 2.14. The first kappa shape index (κ1) is 16.4. The van der Waals surface area contributed by atoms with Crippen LogP contribution in [-0.4, -0.2) is 58.1 Å². The van der Waals surface area contributed by atoms with E-state index < -0.39 is 10.0 Å². The molecule has 1 heterocycles. The second kappa shape index (κ2) is 7.35. The van der Waals surface area contributed by atoms with Gasteiger partial charge in [0.25, 0.3) is 0 Å². The summed E-state index contributed by atoms with van der Waals surface area (Å²) in [6.07, 6.45) is 0. The Hall–Kier alpha value is -0.960. The number of nitrogen functional groups attached to an aromatic ring is 1. The predicted octanol–water partition coefficient (Wildman–Crippen LogP) is 0.604. The molecule has 0 bridgehead atoms. The minimum Gasteiger partial charge on any atom is -0.495 e. The van der Waals surface area contributed by atoms with Crippen molar-refractivity contribution in [3.63, 3.8) is 0 Å². The fourth-order valence-corrected chi connectivity index (χ4v) is 4.35. The quantitative estimate of drug-likeness (QED) is 0.743. The molecule has 2 rings (SSSR count). The summed E-state index contributed by atoms with van der Waals surface area (Å²) in [7, 11) is -2.17. The summed E-state index contributed by atoms with van der Waals surface area (Å²) >= 11 is 1.93. The van der Waals surface area contributed by atoms with Crippen LogP contribution >= 0.6 is 11.8 Å². The van der Waals surface area contributed by atoms with Crippen molar-refractivity contribution in [3.05, 3.63) is 18.2 Å². The van der Waals surface area contributed by atoms with Gasteiger partial charge in [0, 0.05) is 43.4 Å². The first-order valence-corrected chi connectivity index (χ1v) is 9.40. The zero-order valence-corrected chi connectivity index (χ0v) is 13.7. The smallest absolute Gasteiger partial charge is 0.244 e. The molecule has 0 aromatic heterocycles. The summed E-state index contributed by atoms with van der Waals surface area (Å²) in [5.74, 6) is 2.51. The number of hydrogen-bond acceptors (Lipinski definition) is 6. The highest BCUT2D eigenvalue weighted by Crippen LogP contribution is 2.25. The van der Waals surface area contributed by atoms with Crippen LogP contribution in [-0.2, 0) is 10.0 Å². The summed E-state index contributed by atoms with van der Waals surface area (Å²) < 4.78 is 32.4. The van der Waals surface area contributed by atoms with Crippen molar-refractivity contribution in [2.45, 2.75) is 4.90 Å². The number of rotatable bonds is 6. The molecule has 8 heteroatoms. The zero-order chi connectivity index (χ0) is 15.3. The van der Waals surface area contributed by atoms with Gasteiger partial charge in [-0.25, -0.2) is 13.1 Å². The van der Waals surface area contributed by atoms with Crippen LogP contribution in [0, 0.1) is 0 Å². The van der Waals surface area contributed by atoms with Crippen molar-refractivity contribution in [2.24, 2.45) is 0 Å². The van der Waals surface area contributed by atoms with Gasteiger partial charge in [-0.1, -0.05) is 0 Å². The van der Waals surface area contributed by atoms with Gasteiger partial charge in [0.1, 0.15) is 10.6 Å². The Morgan fingerprint density at radius 2 is 2.10 bits per heavy atom. The van der Waals surface area contributed by atoms with Crippen LogP contribution < -0.4 is 15.2 Å². The van der Waals surface area contributed by atoms with Gasteiger partial charge in [-0.15, -0.1) is 0 Å². The van der Waals surface area contributed by atoms with E-state index in [0.29, 0.717) is 24.5 Å². The number of nitrogens with one attached hydrogen (secondary N) is 1. The topological polar surface area (TPSA) is 84.7 Å². The van der Waals surface area contributed by atoms with Crippen molar-refractivity contribution < 1.29 is 13.2 Å². The number of ether oxygens (including phenoxy) is 1. The minimum atomic E-state index is -3.61. The SMILES string of the molecule is COc1ccc(N)cc1S(=O)(=O)NCCN1CCSCC1. The molecule has 0 spiro atoms. The third kappa shape index (κ3) is 4.50. The zero-order valence-electron chi connectivity index (χ0n) is 12.0. The molecule has 6 nitrogen and oxygen atoms in total. The van der Waals surface area contributed by atoms with Gasteiger partial charge in [0.05, 0.1) is 7.11 Å². The molecule has 21 heavy (non-hydrogen) atoms. The van der Waals surface area contributed by atoms with E-state index in [1.807, 2.05) is 11.8 Å². The van der Waals surface area contributed by atoms with E-state index in [4.69, 9.17) is 10.5 Å². The lowest BCUT2D eigenvalue weighted by molar-refractivity contribution is 0.307. The normalized spacial score (nSPS) is 16.8. The third-order valence-electron chi connectivity index (χ3n) is 3.30. The van der Waals surface area contributed by atoms with E-state index in [1.54, 1.807) is 12.1 Å². The van der Waals surface area contributed by atoms with Crippen molar-refractivity contribution in [2.75, 3.05) is 50.5 Å². The number of thioether (sulfide) groups is 1.